The van der Waals surface area contributed by atoms with E-state index in [4.69, 9.17) is 4.42 Å². The van der Waals surface area contributed by atoms with Gasteiger partial charge in [0.1, 0.15) is 10.8 Å². The molecule has 0 saturated carbocycles. The summed E-state index contributed by atoms with van der Waals surface area (Å²) in [7, 11) is 0. The predicted octanol–water partition coefficient (Wildman–Crippen LogP) is 3.05. The van der Waals surface area contributed by atoms with E-state index in [1.165, 1.54) is 11.3 Å². The third-order valence-electron chi connectivity index (χ3n) is 3.59. The zero-order valence-corrected chi connectivity index (χ0v) is 15.2. The van der Waals surface area contributed by atoms with Gasteiger partial charge >= 0.3 is 0 Å². The maximum atomic E-state index is 12.3. The van der Waals surface area contributed by atoms with E-state index >= 15 is 0 Å². The molecular weight excluding hydrogens is 352 g/mol. The first-order chi connectivity index (χ1) is 12.5. The predicted molar refractivity (Wildman–Crippen MR) is 98.4 cm³/mol. The van der Waals surface area contributed by atoms with Crippen LogP contribution >= 0.6 is 11.3 Å². The Morgan fingerprint density at radius 3 is 2.54 bits per heavy atom. The summed E-state index contributed by atoms with van der Waals surface area (Å²) in [5.74, 6) is 0.323. The number of anilines is 1. The lowest BCUT2D eigenvalue weighted by molar-refractivity contribution is 0.0938. The van der Waals surface area contributed by atoms with Gasteiger partial charge in [0, 0.05) is 23.7 Å². The van der Waals surface area contributed by atoms with E-state index in [-0.39, 0.29) is 17.9 Å². The lowest BCUT2D eigenvalue weighted by Gasteiger charge is -2.13. The quantitative estimate of drug-likeness (QED) is 0.695. The second kappa shape index (κ2) is 7.92. The molecule has 0 radical (unpaired) electrons. The van der Waals surface area contributed by atoms with Gasteiger partial charge in [0.2, 0.25) is 5.01 Å². The van der Waals surface area contributed by atoms with Crippen molar-refractivity contribution in [2.45, 2.75) is 26.3 Å². The van der Waals surface area contributed by atoms with Crippen molar-refractivity contribution >= 4 is 28.8 Å². The van der Waals surface area contributed by atoms with Gasteiger partial charge in [-0.25, -0.2) is 0 Å². The summed E-state index contributed by atoms with van der Waals surface area (Å²) in [6, 6.07) is 10.3. The van der Waals surface area contributed by atoms with Crippen molar-refractivity contribution < 1.29 is 14.0 Å². The monoisotopic (exact) mass is 370 g/mol. The van der Waals surface area contributed by atoms with E-state index in [2.05, 4.69) is 20.8 Å². The standard InChI is InChI=1S/C18H18N4O3S/c1-11(10-15-4-3-9-25-15)19-16(23)13-5-7-14(8-6-13)20-17(24)18-22-21-12(2)26-18/h3-9,11H,10H2,1-2H3,(H,19,23)(H,20,24). The molecule has 0 saturated heterocycles. The number of rotatable bonds is 6. The third kappa shape index (κ3) is 4.54. The van der Waals surface area contributed by atoms with Crippen LogP contribution in [-0.2, 0) is 6.42 Å². The first kappa shape index (κ1) is 17.8. The van der Waals surface area contributed by atoms with Gasteiger partial charge in [-0.2, -0.15) is 0 Å². The summed E-state index contributed by atoms with van der Waals surface area (Å²) >= 11 is 1.23. The summed E-state index contributed by atoms with van der Waals surface area (Å²) in [5, 5.41) is 14.3. The Hall–Kier alpha value is -3.00. The summed E-state index contributed by atoms with van der Waals surface area (Å²) < 4.78 is 5.28. The summed E-state index contributed by atoms with van der Waals surface area (Å²) in [5.41, 5.74) is 1.10. The van der Waals surface area contributed by atoms with Crippen LogP contribution in [0.3, 0.4) is 0 Å². The van der Waals surface area contributed by atoms with Crippen LogP contribution in [0, 0.1) is 6.92 Å². The van der Waals surface area contributed by atoms with Crippen LogP contribution in [0.25, 0.3) is 0 Å². The average Bonchev–Trinajstić information content (AvgIpc) is 3.27. The lowest BCUT2D eigenvalue weighted by Crippen LogP contribution is -2.33. The highest BCUT2D eigenvalue weighted by Gasteiger charge is 2.13. The fourth-order valence-corrected chi connectivity index (χ4v) is 2.95. The van der Waals surface area contributed by atoms with Crippen LogP contribution < -0.4 is 10.6 Å². The number of aryl methyl sites for hydroxylation is 1. The molecule has 0 bridgehead atoms. The Bertz CT molecular complexity index is 888. The Labute approximate surface area is 154 Å². The number of aromatic nitrogens is 2. The van der Waals surface area contributed by atoms with E-state index in [1.807, 2.05) is 19.1 Å². The maximum Gasteiger partial charge on any atom is 0.286 e. The molecule has 0 aliphatic heterocycles. The molecule has 0 spiro atoms. The number of furan rings is 1. The van der Waals surface area contributed by atoms with Crippen molar-refractivity contribution in [1.82, 2.24) is 15.5 Å². The fraction of sp³-hybridized carbons (Fsp3) is 0.222. The summed E-state index contributed by atoms with van der Waals surface area (Å²) in [6.07, 6.45) is 2.23. The van der Waals surface area contributed by atoms with Crippen LogP contribution in [0.1, 0.15) is 37.9 Å². The molecule has 1 aromatic carbocycles. The second-order valence-corrected chi connectivity index (χ2v) is 7.00. The number of amides is 2. The topological polar surface area (TPSA) is 97.1 Å². The minimum Gasteiger partial charge on any atom is -0.469 e. The van der Waals surface area contributed by atoms with Crippen LogP contribution in [0.15, 0.2) is 47.1 Å². The third-order valence-corrected chi connectivity index (χ3v) is 4.43. The molecule has 1 unspecified atom stereocenters. The zero-order valence-electron chi connectivity index (χ0n) is 14.4. The van der Waals surface area contributed by atoms with Gasteiger partial charge in [-0.15, -0.1) is 10.2 Å². The molecular formula is C18H18N4O3S. The SMILES string of the molecule is Cc1nnc(C(=O)Nc2ccc(C(=O)NC(C)Cc3ccco3)cc2)s1. The number of benzene rings is 1. The highest BCUT2D eigenvalue weighted by atomic mass is 32.1. The molecule has 7 nitrogen and oxygen atoms in total. The molecule has 3 aromatic rings. The molecule has 2 aromatic heterocycles. The minimum absolute atomic E-state index is 0.0614. The number of carbonyl (C=O) groups excluding carboxylic acids is 2. The summed E-state index contributed by atoms with van der Waals surface area (Å²) in [6.45, 7) is 3.70. The van der Waals surface area contributed by atoms with Gasteiger partial charge in [-0.1, -0.05) is 11.3 Å². The van der Waals surface area contributed by atoms with Gasteiger partial charge in [-0.05, 0) is 50.2 Å². The van der Waals surface area contributed by atoms with Gasteiger partial charge in [0.15, 0.2) is 0 Å². The van der Waals surface area contributed by atoms with Crippen LogP contribution in [0.2, 0.25) is 0 Å². The molecule has 0 aliphatic carbocycles. The normalized spacial score (nSPS) is 11.8. The first-order valence-corrected chi connectivity index (χ1v) is 8.87. The molecule has 2 amide bonds. The average molecular weight is 370 g/mol. The van der Waals surface area contributed by atoms with Crippen molar-refractivity contribution in [3.63, 3.8) is 0 Å². The van der Waals surface area contributed by atoms with Crippen molar-refractivity contribution in [2.24, 2.45) is 0 Å². The highest BCUT2D eigenvalue weighted by Crippen LogP contribution is 2.14. The van der Waals surface area contributed by atoms with Crippen LogP contribution in [-0.4, -0.2) is 28.1 Å². The van der Waals surface area contributed by atoms with Gasteiger partial charge < -0.3 is 15.1 Å². The Morgan fingerprint density at radius 1 is 1.15 bits per heavy atom. The smallest absolute Gasteiger partial charge is 0.286 e. The molecule has 0 fully saturated rings. The summed E-state index contributed by atoms with van der Waals surface area (Å²) in [4.78, 5) is 24.3. The van der Waals surface area contributed by atoms with Crippen molar-refractivity contribution in [1.29, 1.82) is 0 Å². The van der Waals surface area contributed by atoms with Crippen molar-refractivity contribution in [3.8, 4) is 0 Å². The van der Waals surface area contributed by atoms with E-state index < -0.39 is 0 Å². The Balaban J connectivity index is 1.56. The van der Waals surface area contributed by atoms with Gasteiger partial charge in [-0.3, -0.25) is 9.59 Å². The van der Waals surface area contributed by atoms with Gasteiger partial charge in [0.25, 0.3) is 11.8 Å². The molecule has 3 rings (SSSR count). The van der Waals surface area contributed by atoms with Crippen LogP contribution in [0.4, 0.5) is 5.69 Å². The second-order valence-electron chi connectivity index (χ2n) is 5.82. The Morgan fingerprint density at radius 2 is 1.92 bits per heavy atom. The van der Waals surface area contributed by atoms with Gasteiger partial charge in [0.05, 0.1) is 6.26 Å². The van der Waals surface area contributed by atoms with E-state index in [9.17, 15) is 9.59 Å². The molecule has 26 heavy (non-hydrogen) atoms. The Kier molecular flexibility index (Phi) is 5.43. The van der Waals surface area contributed by atoms with Crippen LogP contribution in [0.5, 0.6) is 0 Å². The van der Waals surface area contributed by atoms with Crippen molar-refractivity contribution in [2.75, 3.05) is 5.32 Å². The number of carbonyl (C=O) groups is 2. The molecule has 2 heterocycles. The van der Waals surface area contributed by atoms with E-state index in [0.717, 1.165) is 10.8 Å². The molecule has 134 valence electrons. The minimum atomic E-state index is -0.320. The van der Waals surface area contributed by atoms with E-state index in [1.54, 1.807) is 37.5 Å². The fourth-order valence-electron chi connectivity index (χ4n) is 2.37. The van der Waals surface area contributed by atoms with Crippen molar-refractivity contribution in [3.05, 3.63) is 64.0 Å². The number of hydrogen-bond donors (Lipinski definition) is 2. The molecule has 0 aliphatic rings. The van der Waals surface area contributed by atoms with E-state index in [0.29, 0.717) is 22.7 Å². The molecule has 2 N–H and O–H groups in total. The number of nitrogens with one attached hydrogen (secondary N) is 2. The number of hydrogen-bond acceptors (Lipinski definition) is 6. The molecule has 1 atom stereocenters. The molecule has 8 heteroatoms. The zero-order chi connectivity index (χ0) is 18.5. The number of nitrogens with zero attached hydrogens (tertiary/aromatic N) is 2. The largest absolute Gasteiger partial charge is 0.469 e. The highest BCUT2D eigenvalue weighted by molar-refractivity contribution is 7.13. The lowest BCUT2D eigenvalue weighted by atomic mass is 10.1. The maximum absolute atomic E-state index is 12.3. The first-order valence-electron chi connectivity index (χ1n) is 8.06.